The maximum Gasteiger partial charge on any atom is 0.256 e. The van der Waals surface area contributed by atoms with Crippen molar-refractivity contribution in [3.05, 3.63) is 75.6 Å². The lowest BCUT2D eigenvalue weighted by Crippen LogP contribution is -2.12. The Morgan fingerprint density at radius 3 is 2.54 bits per heavy atom. The molecular weight excluding hydrogens is 390 g/mol. The average Bonchev–Trinajstić information content (AvgIpc) is 3.35. The molecule has 3 aromatic rings. The molecule has 1 amide bonds. The van der Waals surface area contributed by atoms with Crippen LogP contribution in [0, 0.1) is 12.8 Å². The normalized spacial score (nSPS) is 13.4. The van der Waals surface area contributed by atoms with Crippen LogP contribution >= 0.6 is 22.9 Å². The number of nitrogens with one attached hydrogen (secondary N) is 1. The van der Waals surface area contributed by atoms with E-state index in [1.54, 1.807) is 6.07 Å². The van der Waals surface area contributed by atoms with Gasteiger partial charge in [0.15, 0.2) is 5.78 Å². The molecule has 142 valence electrons. The van der Waals surface area contributed by atoms with Gasteiger partial charge in [-0.2, -0.15) is 0 Å². The van der Waals surface area contributed by atoms with E-state index in [1.807, 2.05) is 54.8 Å². The van der Waals surface area contributed by atoms with Crippen LogP contribution in [-0.2, 0) is 0 Å². The molecule has 3 nitrogen and oxygen atoms in total. The molecule has 4 rings (SSSR count). The second-order valence-corrected chi connectivity index (χ2v) is 8.61. The van der Waals surface area contributed by atoms with Crippen LogP contribution in [0.3, 0.4) is 0 Å². The van der Waals surface area contributed by atoms with Crippen molar-refractivity contribution < 1.29 is 9.59 Å². The molecule has 1 saturated carbocycles. The number of carbonyl (C=O) groups excluding carboxylic acids is 2. The summed E-state index contributed by atoms with van der Waals surface area (Å²) in [5.74, 6) is 0.522. The number of Topliss-reactive ketones (excluding diaryl/α,β-unsaturated/α-hetero) is 1. The minimum absolute atomic E-state index is 0.151. The number of halogens is 1. The van der Waals surface area contributed by atoms with Crippen LogP contribution in [0.15, 0.2) is 53.9 Å². The lowest BCUT2D eigenvalue weighted by molar-refractivity contribution is 0.0974. The Morgan fingerprint density at radius 1 is 1.07 bits per heavy atom. The van der Waals surface area contributed by atoms with Crippen molar-refractivity contribution in [2.75, 3.05) is 5.32 Å². The predicted molar refractivity (Wildman–Crippen MR) is 116 cm³/mol. The van der Waals surface area contributed by atoms with Crippen molar-refractivity contribution in [3.63, 3.8) is 0 Å². The molecule has 0 radical (unpaired) electrons. The Morgan fingerprint density at radius 2 is 1.82 bits per heavy atom. The number of aryl methyl sites for hydroxylation is 1. The summed E-state index contributed by atoms with van der Waals surface area (Å²) < 4.78 is 0. The topological polar surface area (TPSA) is 46.2 Å². The van der Waals surface area contributed by atoms with Crippen molar-refractivity contribution in [3.8, 4) is 10.4 Å². The van der Waals surface area contributed by atoms with Gasteiger partial charge >= 0.3 is 0 Å². The summed E-state index contributed by atoms with van der Waals surface area (Å²) in [7, 11) is 0. The first-order chi connectivity index (χ1) is 13.5. The summed E-state index contributed by atoms with van der Waals surface area (Å²) in [5.41, 5.74) is 3.91. The first-order valence-electron chi connectivity index (χ1n) is 9.29. The van der Waals surface area contributed by atoms with Crippen LogP contribution in [0.1, 0.15) is 45.5 Å². The van der Waals surface area contributed by atoms with Crippen LogP contribution in [0.25, 0.3) is 10.4 Å². The highest BCUT2D eigenvalue weighted by atomic mass is 35.5. The Balaban J connectivity index is 1.50. The van der Waals surface area contributed by atoms with E-state index in [4.69, 9.17) is 11.6 Å². The minimum atomic E-state index is -0.175. The largest absolute Gasteiger partial charge is 0.322 e. The van der Waals surface area contributed by atoms with Crippen molar-refractivity contribution in [1.29, 1.82) is 0 Å². The van der Waals surface area contributed by atoms with Gasteiger partial charge in [0.2, 0.25) is 0 Å². The first-order valence-corrected chi connectivity index (χ1v) is 10.5. The van der Waals surface area contributed by atoms with Crippen molar-refractivity contribution >= 4 is 40.3 Å². The number of thiophene rings is 1. The average molecular weight is 410 g/mol. The number of anilines is 1. The highest BCUT2D eigenvalue weighted by Gasteiger charge is 2.25. The van der Waals surface area contributed by atoms with E-state index in [0.717, 1.165) is 28.8 Å². The monoisotopic (exact) mass is 409 g/mol. The van der Waals surface area contributed by atoms with E-state index in [0.29, 0.717) is 34.2 Å². The molecule has 1 aliphatic rings. The Kier molecular flexibility index (Phi) is 5.33. The number of carbonyl (C=O) groups is 2. The smallest absolute Gasteiger partial charge is 0.256 e. The molecule has 0 bridgehead atoms. The molecular formula is C23H20ClNO2S. The molecule has 0 aliphatic heterocycles. The van der Waals surface area contributed by atoms with Gasteiger partial charge < -0.3 is 5.32 Å². The van der Waals surface area contributed by atoms with Crippen LogP contribution in [-0.4, -0.2) is 11.7 Å². The fraction of sp³-hybridized carbons (Fsp3) is 0.217. The Labute approximate surface area is 173 Å². The highest BCUT2D eigenvalue weighted by Crippen LogP contribution is 2.34. The predicted octanol–water partition coefficient (Wildman–Crippen LogP) is 6.61. The lowest BCUT2D eigenvalue weighted by Gasteiger charge is -2.10. The number of hydrogen-bond acceptors (Lipinski definition) is 3. The number of hydrogen-bond donors (Lipinski definition) is 1. The molecule has 0 spiro atoms. The van der Waals surface area contributed by atoms with Crippen LogP contribution in [0.4, 0.5) is 5.69 Å². The molecule has 28 heavy (non-hydrogen) atoms. The second kappa shape index (κ2) is 7.90. The zero-order valence-corrected chi connectivity index (χ0v) is 17.1. The van der Waals surface area contributed by atoms with Gasteiger partial charge in [-0.15, -0.1) is 11.3 Å². The molecule has 0 saturated heterocycles. The van der Waals surface area contributed by atoms with E-state index in [2.05, 4.69) is 5.32 Å². The first kappa shape index (κ1) is 18.9. The van der Waals surface area contributed by atoms with E-state index in [-0.39, 0.29) is 11.7 Å². The molecule has 1 aromatic heterocycles. The third-order valence-electron chi connectivity index (χ3n) is 4.97. The fourth-order valence-corrected chi connectivity index (χ4v) is 4.07. The second-order valence-electron chi connectivity index (χ2n) is 7.26. The zero-order valence-electron chi connectivity index (χ0n) is 15.5. The van der Waals surface area contributed by atoms with E-state index < -0.39 is 0 Å². The maximum absolute atomic E-state index is 12.7. The van der Waals surface area contributed by atoms with Crippen molar-refractivity contribution in [2.45, 2.75) is 26.2 Å². The fourth-order valence-electron chi connectivity index (χ4n) is 3.05. The van der Waals surface area contributed by atoms with Gasteiger partial charge in [-0.05, 0) is 61.1 Å². The van der Waals surface area contributed by atoms with E-state index >= 15 is 0 Å². The molecule has 1 aliphatic carbocycles. The van der Waals surface area contributed by atoms with Gasteiger partial charge in [-0.1, -0.05) is 35.9 Å². The van der Waals surface area contributed by atoms with Crippen molar-refractivity contribution in [1.82, 2.24) is 0 Å². The van der Waals surface area contributed by atoms with Gasteiger partial charge in [-0.3, -0.25) is 9.59 Å². The van der Waals surface area contributed by atoms with Gasteiger partial charge in [0.25, 0.3) is 5.91 Å². The summed E-state index contributed by atoms with van der Waals surface area (Å²) in [6.07, 6.45) is 2.90. The lowest BCUT2D eigenvalue weighted by atomic mass is 10.0. The third kappa shape index (κ3) is 4.34. The van der Waals surface area contributed by atoms with E-state index in [1.165, 1.54) is 11.3 Å². The Bertz CT molecular complexity index is 1040. The standard InChI is InChI=1S/C23H20ClNO2S/c1-14-2-5-17(21(26)10-15-3-4-15)11-20(14)25-23(27)18-12-22(28-13-18)16-6-8-19(24)9-7-16/h2,5-9,11-13,15H,3-4,10H2,1H3,(H,25,27). The molecule has 2 aromatic carbocycles. The summed E-state index contributed by atoms with van der Waals surface area (Å²) in [4.78, 5) is 26.1. The minimum Gasteiger partial charge on any atom is -0.322 e. The van der Waals surface area contributed by atoms with E-state index in [9.17, 15) is 9.59 Å². The quantitative estimate of drug-likeness (QED) is 0.465. The van der Waals surface area contributed by atoms with Crippen LogP contribution < -0.4 is 5.32 Å². The van der Waals surface area contributed by atoms with Gasteiger partial charge in [-0.25, -0.2) is 0 Å². The molecule has 1 fully saturated rings. The number of benzene rings is 2. The number of rotatable bonds is 6. The molecule has 1 N–H and O–H groups in total. The van der Waals surface area contributed by atoms with Crippen LogP contribution in [0.2, 0.25) is 5.02 Å². The summed E-state index contributed by atoms with van der Waals surface area (Å²) in [6.45, 7) is 1.93. The third-order valence-corrected chi connectivity index (χ3v) is 6.20. The molecule has 1 heterocycles. The molecule has 0 atom stereocenters. The number of amides is 1. The summed E-state index contributed by atoms with van der Waals surface area (Å²) >= 11 is 7.46. The van der Waals surface area contributed by atoms with Gasteiger partial charge in [0, 0.05) is 33.0 Å². The molecule has 5 heteroatoms. The summed E-state index contributed by atoms with van der Waals surface area (Å²) in [6, 6.07) is 15.0. The number of ketones is 1. The van der Waals surface area contributed by atoms with Gasteiger partial charge in [0.1, 0.15) is 0 Å². The highest BCUT2D eigenvalue weighted by molar-refractivity contribution is 7.13. The maximum atomic E-state index is 12.7. The molecule has 0 unspecified atom stereocenters. The van der Waals surface area contributed by atoms with Crippen molar-refractivity contribution in [2.24, 2.45) is 5.92 Å². The van der Waals surface area contributed by atoms with Crippen LogP contribution in [0.5, 0.6) is 0 Å². The Hall–Kier alpha value is -2.43. The van der Waals surface area contributed by atoms with Gasteiger partial charge in [0.05, 0.1) is 5.56 Å². The summed E-state index contributed by atoms with van der Waals surface area (Å²) in [5, 5.41) is 5.49. The zero-order chi connectivity index (χ0) is 19.7. The SMILES string of the molecule is Cc1ccc(C(=O)CC2CC2)cc1NC(=O)c1csc(-c2ccc(Cl)cc2)c1.